The monoisotopic (exact) mass is 426 g/mol. The predicted octanol–water partition coefficient (Wildman–Crippen LogP) is 3.62. The third kappa shape index (κ3) is 6.02. The normalized spacial score (nSPS) is 21.3. The lowest BCUT2D eigenvalue weighted by atomic mass is 9.92. The highest BCUT2D eigenvalue weighted by Crippen LogP contribution is 2.21. The summed E-state index contributed by atoms with van der Waals surface area (Å²) in [5.41, 5.74) is 1.82. The Labute approximate surface area is 157 Å². The van der Waals surface area contributed by atoms with Crippen LogP contribution in [0.1, 0.15) is 38.3 Å². The van der Waals surface area contributed by atoms with E-state index in [1.165, 1.54) is 6.42 Å². The highest BCUT2D eigenvalue weighted by molar-refractivity contribution is 14.0. The van der Waals surface area contributed by atoms with Crippen LogP contribution in [0.15, 0.2) is 29.3 Å². The molecule has 0 saturated carbocycles. The van der Waals surface area contributed by atoms with Gasteiger partial charge in [-0.05, 0) is 42.9 Å². The Bertz CT molecular complexity index is 537. The molecule has 0 aliphatic carbocycles. The van der Waals surface area contributed by atoms with Crippen LogP contribution in [-0.4, -0.2) is 30.5 Å². The lowest BCUT2D eigenvalue weighted by molar-refractivity contribution is 0.208. The van der Waals surface area contributed by atoms with Gasteiger partial charge in [0.2, 0.25) is 0 Å². The van der Waals surface area contributed by atoms with Crippen LogP contribution in [0.5, 0.6) is 0 Å². The Morgan fingerprint density at radius 3 is 2.39 bits per heavy atom. The fourth-order valence-corrected chi connectivity index (χ4v) is 3.11. The van der Waals surface area contributed by atoms with E-state index in [4.69, 9.17) is 10.3 Å². The van der Waals surface area contributed by atoms with Crippen LogP contribution in [0, 0.1) is 23.2 Å². The summed E-state index contributed by atoms with van der Waals surface area (Å²) in [5.74, 6) is 2.43. The number of hydrogen-bond donors (Lipinski definition) is 1. The SMILES string of the molecule is CCNC(=NCc1ccc(C#N)cc1)N1CC(C)CC(C)C1.I. The number of likely N-dealkylation sites (tertiary alicyclic amines) is 1. The van der Waals surface area contributed by atoms with E-state index in [0.29, 0.717) is 23.9 Å². The molecule has 0 amide bonds. The first-order valence-corrected chi connectivity index (χ1v) is 8.14. The third-order valence-electron chi connectivity index (χ3n) is 4.00. The lowest BCUT2D eigenvalue weighted by Crippen LogP contribution is -2.48. The molecule has 1 heterocycles. The summed E-state index contributed by atoms with van der Waals surface area (Å²) < 4.78 is 0. The number of benzene rings is 1. The fourth-order valence-electron chi connectivity index (χ4n) is 3.11. The molecule has 2 rings (SSSR count). The minimum atomic E-state index is 0. The second-order valence-corrected chi connectivity index (χ2v) is 6.33. The molecule has 1 fully saturated rings. The molecule has 1 aromatic rings. The van der Waals surface area contributed by atoms with Crippen molar-refractivity contribution in [2.75, 3.05) is 19.6 Å². The average molecular weight is 426 g/mol. The summed E-state index contributed by atoms with van der Waals surface area (Å²) in [4.78, 5) is 7.16. The van der Waals surface area contributed by atoms with Crippen molar-refractivity contribution in [3.05, 3.63) is 35.4 Å². The number of halogens is 1. The predicted molar refractivity (Wildman–Crippen MR) is 106 cm³/mol. The van der Waals surface area contributed by atoms with Crippen molar-refractivity contribution in [2.45, 2.75) is 33.7 Å². The van der Waals surface area contributed by atoms with Crippen LogP contribution in [-0.2, 0) is 6.54 Å². The van der Waals surface area contributed by atoms with E-state index in [9.17, 15) is 0 Å². The first kappa shape index (κ1) is 19.8. The van der Waals surface area contributed by atoms with Crippen LogP contribution in [0.2, 0.25) is 0 Å². The zero-order valence-electron chi connectivity index (χ0n) is 14.2. The largest absolute Gasteiger partial charge is 0.357 e. The van der Waals surface area contributed by atoms with Crippen LogP contribution >= 0.6 is 24.0 Å². The number of rotatable bonds is 3. The summed E-state index contributed by atoms with van der Waals surface area (Å²) in [7, 11) is 0. The van der Waals surface area contributed by atoms with Crippen molar-refractivity contribution in [1.82, 2.24) is 10.2 Å². The van der Waals surface area contributed by atoms with Crippen molar-refractivity contribution in [3.63, 3.8) is 0 Å². The number of nitrogens with zero attached hydrogens (tertiary/aromatic N) is 3. The molecular formula is C18H27IN4. The minimum absolute atomic E-state index is 0. The van der Waals surface area contributed by atoms with E-state index in [0.717, 1.165) is 31.2 Å². The molecular weight excluding hydrogens is 399 g/mol. The number of piperidine rings is 1. The van der Waals surface area contributed by atoms with Gasteiger partial charge in [0.1, 0.15) is 0 Å². The van der Waals surface area contributed by atoms with E-state index < -0.39 is 0 Å². The molecule has 1 aromatic carbocycles. The zero-order chi connectivity index (χ0) is 15.9. The molecule has 23 heavy (non-hydrogen) atoms. The molecule has 1 aliphatic rings. The summed E-state index contributed by atoms with van der Waals surface area (Å²) in [6.07, 6.45) is 1.30. The molecule has 1 aliphatic heterocycles. The summed E-state index contributed by atoms with van der Waals surface area (Å²) >= 11 is 0. The van der Waals surface area contributed by atoms with E-state index >= 15 is 0 Å². The number of hydrogen-bond acceptors (Lipinski definition) is 2. The van der Waals surface area contributed by atoms with Crippen molar-refractivity contribution < 1.29 is 0 Å². The Hall–Kier alpha value is -1.29. The van der Waals surface area contributed by atoms with E-state index in [2.05, 4.69) is 37.1 Å². The van der Waals surface area contributed by atoms with Gasteiger partial charge in [0, 0.05) is 19.6 Å². The van der Waals surface area contributed by atoms with Crippen molar-refractivity contribution in [2.24, 2.45) is 16.8 Å². The van der Waals surface area contributed by atoms with Crippen LogP contribution < -0.4 is 5.32 Å². The molecule has 2 atom stereocenters. The van der Waals surface area contributed by atoms with Gasteiger partial charge in [0.05, 0.1) is 18.2 Å². The topological polar surface area (TPSA) is 51.4 Å². The van der Waals surface area contributed by atoms with Crippen molar-refractivity contribution in [3.8, 4) is 6.07 Å². The number of nitriles is 1. The average Bonchev–Trinajstić information content (AvgIpc) is 2.51. The van der Waals surface area contributed by atoms with Gasteiger partial charge in [-0.25, -0.2) is 4.99 Å². The third-order valence-corrected chi connectivity index (χ3v) is 4.00. The van der Waals surface area contributed by atoms with Crippen molar-refractivity contribution in [1.29, 1.82) is 5.26 Å². The first-order valence-electron chi connectivity index (χ1n) is 8.14. The summed E-state index contributed by atoms with van der Waals surface area (Å²) in [6.45, 7) is 10.4. The zero-order valence-corrected chi connectivity index (χ0v) is 16.6. The second-order valence-electron chi connectivity index (χ2n) is 6.33. The molecule has 2 unspecified atom stereocenters. The number of guanidine groups is 1. The Balaban J connectivity index is 0.00000264. The maximum Gasteiger partial charge on any atom is 0.194 e. The molecule has 0 bridgehead atoms. The van der Waals surface area contributed by atoms with Gasteiger partial charge < -0.3 is 10.2 Å². The van der Waals surface area contributed by atoms with E-state index in [1.807, 2.05) is 24.3 Å². The fraction of sp³-hybridized carbons (Fsp3) is 0.556. The quantitative estimate of drug-likeness (QED) is 0.457. The molecule has 1 N–H and O–H groups in total. The molecule has 0 spiro atoms. The van der Waals surface area contributed by atoms with Gasteiger partial charge >= 0.3 is 0 Å². The highest BCUT2D eigenvalue weighted by atomic mass is 127. The first-order chi connectivity index (χ1) is 10.6. The lowest BCUT2D eigenvalue weighted by Gasteiger charge is -2.37. The maximum absolute atomic E-state index is 8.84. The molecule has 0 radical (unpaired) electrons. The van der Waals surface area contributed by atoms with Gasteiger partial charge in [-0.3, -0.25) is 0 Å². The molecule has 126 valence electrons. The Morgan fingerprint density at radius 1 is 1.26 bits per heavy atom. The summed E-state index contributed by atoms with van der Waals surface area (Å²) in [5, 5.41) is 12.3. The summed E-state index contributed by atoms with van der Waals surface area (Å²) in [6, 6.07) is 9.80. The highest BCUT2D eigenvalue weighted by Gasteiger charge is 2.23. The van der Waals surface area contributed by atoms with Gasteiger partial charge in [0.25, 0.3) is 0 Å². The van der Waals surface area contributed by atoms with Gasteiger partial charge in [0.15, 0.2) is 5.96 Å². The van der Waals surface area contributed by atoms with E-state index in [1.54, 1.807) is 0 Å². The van der Waals surface area contributed by atoms with Crippen LogP contribution in [0.4, 0.5) is 0 Å². The Morgan fingerprint density at radius 2 is 1.87 bits per heavy atom. The molecule has 5 heteroatoms. The van der Waals surface area contributed by atoms with Gasteiger partial charge in [-0.15, -0.1) is 24.0 Å². The Kier molecular flexibility index (Phi) is 8.38. The van der Waals surface area contributed by atoms with Crippen LogP contribution in [0.3, 0.4) is 0 Å². The van der Waals surface area contributed by atoms with Gasteiger partial charge in [-0.1, -0.05) is 26.0 Å². The van der Waals surface area contributed by atoms with Crippen molar-refractivity contribution >= 4 is 29.9 Å². The number of nitrogens with one attached hydrogen (secondary N) is 1. The standard InChI is InChI=1S/C18H26N4.HI/c1-4-20-18(22-12-14(2)9-15(3)13-22)21-11-17-7-5-16(10-19)6-8-17;/h5-8,14-15H,4,9,11-13H2,1-3H3,(H,20,21);1H. The van der Waals surface area contributed by atoms with Gasteiger partial charge in [-0.2, -0.15) is 5.26 Å². The molecule has 1 saturated heterocycles. The van der Waals surface area contributed by atoms with Crippen LogP contribution in [0.25, 0.3) is 0 Å². The maximum atomic E-state index is 8.84. The second kappa shape index (κ2) is 9.76. The minimum Gasteiger partial charge on any atom is -0.357 e. The molecule has 0 aromatic heterocycles. The number of aliphatic imine (C=N–C) groups is 1. The molecule has 4 nitrogen and oxygen atoms in total. The van der Waals surface area contributed by atoms with E-state index in [-0.39, 0.29) is 24.0 Å². The smallest absolute Gasteiger partial charge is 0.194 e.